The Kier molecular flexibility index (Phi) is 7.18. The maximum Gasteiger partial charge on any atom is 0.341 e. The van der Waals surface area contributed by atoms with E-state index in [-0.39, 0.29) is 0 Å². The molecule has 0 aliphatic carbocycles. The lowest BCUT2D eigenvalue weighted by atomic mass is 10.2. The van der Waals surface area contributed by atoms with Crippen LogP contribution in [0.25, 0.3) is 0 Å². The third-order valence-electron chi connectivity index (χ3n) is 3.33. The van der Waals surface area contributed by atoms with Crippen LogP contribution in [0.15, 0.2) is 47.6 Å². The molecule has 0 saturated carbocycles. The van der Waals surface area contributed by atoms with E-state index in [0.29, 0.717) is 35.0 Å². The van der Waals surface area contributed by atoms with Crippen molar-refractivity contribution in [1.29, 1.82) is 0 Å². The standard InChI is InChI=1S/C19H20N2O6/c1-3-26-17-10-14(7-8-16(17)25-2)19(24)21-20-11-13-5-4-6-15(9-13)27-12-18(22)23/h4-11H,3,12H2,1-2H3,(H,21,24)(H,22,23)/b20-11+. The average molecular weight is 372 g/mol. The largest absolute Gasteiger partial charge is 0.493 e. The molecule has 27 heavy (non-hydrogen) atoms. The van der Waals surface area contributed by atoms with E-state index in [1.54, 1.807) is 42.5 Å². The molecule has 8 nitrogen and oxygen atoms in total. The molecular weight excluding hydrogens is 352 g/mol. The Balaban J connectivity index is 2.01. The van der Waals surface area contributed by atoms with E-state index in [9.17, 15) is 9.59 Å². The Morgan fingerprint density at radius 3 is 2.67 bits per heavy atom. The van der Waals surface area contributed by atoms with E-state index in [0.717, 1.165) is 0 Å². The lowest BCUT2D eigenvalue weighted by Crippen LogP contribution is -2.17. The van der Waals surface area contributed by atoms with E-state index in [1.165, 1.54) is 13.3 Å². The van der Waals surface area contributed by atoms with Crippen LogP contribution in [0.4, 0.5) is 0 Å². The number of carbonyl (C=O) groups excluding carboxylic acids is 1. The fourth-order valence-corrected chi connectivity index (χ4v) is 2.15. The quantitative estimate of drug-likeness (QED) is 0.517. The second kappa shape index (κ2) is 9.81. The van der Waals surface area contributed by atoms with E-state index in [4.69, 9.17) is 19.3 Å². The number of hydrogen-bond donors (Lipinski definition) is 2. The second-order valence-electron chi connectivity index (χ2n) is 5.25. The molecule has 0 saturated heterocycles. The molecule has 0 radical (unpaired) electrons. The lowest BCUT2D eigenvalue weighted by Gasteiger charge is -2.10. The molecule has 0 fully saturated rings. The van der Waals surface area contributed by atoms with Crippen LogP contribution in [-0.2, 0) is 4.79 Å². The number of hydrogen-bond acceptors (Lipinski definition) is 6. The zero-order valence-electron chi connectivity index (χ0n) is 15.0. The predicted molar refractivity (Wildman–Crippen MR) is 98.8 cm³/mol. The number of aliphatic carboxylic acids is 1. The van der Waals surface area contributed by atoms with Crippen molar-refractivity contribution in [2.75, 3.05) is 20.3 Å². The Labute approximate surface area is 156 Å². The van der Waals surface area contributed by atoms with Gasteiger partial charge < -0.3 is 19.3 Å². The highest BCUT2D eigenvalue weighted by Crippen LogP contribution is 2.27. The highest BCUT2D eigenvalue weighted by molar-refractivity contribution is 5.95. The zero-order chi connectivity index (χ0) is 19.6. The van der Waals surface area contributed by atoms with Gasteiger partial charge in [-0.15, -0.1) is 0 Å². The molecule has 0 spiro atoms. The Hall–Kier alpha value is -3.55. The van der Waals surface area contributed by atoms with Gasteiger partial charge >= 0.3 is 5.97 Å². The summed E-state index contributed by atoms with van der Waals surface area (Å²) in [6, 6.07) is 11.5. The lowest BCUT2D eigenvalue weighted by molar-refractivity contribution is -0.139. The molecule has 142 valence electrons. The summed E-state index contributed by atoms with van der Waals surface area (Å²) in [6.07, 6.45) is 1.43. The minimum absolute atomic E-state index is 0.370. The number of ether oxygens (including phenoxy) is 3. The van der Waals surface area contributed by atoms with Crippen molar-refractivity contribution >= 4 is 18.1 Å². The van der Waals surface area contributed by atoms with Gasteiger partial charge in [0.25, 0.3) is 5.91 Å². The monoisotopic (exact) mass is 372 g/mol. The fourth-order valence-electron chi connectivity index (χ4n) is 2.15. The smallest absolute Gasteiger partial charge is 0.341 e. The summed E-state index contributed by atoms with van der Waals surface area (Å²) in [5, 5.41) is 12.5. The Morgan fingerprint density at radius 2 is 1.96 bits per heavy atom. The van der Waals surface area contributed by atoms with Crippen molar-refractivity contribution in [3.8, 4) is 17.2 Å². The molecule has 0 aromatic heterocycles. The minimum Gasteiger partial charge on any atom is -0.493 e. The number of carbonyl (C=O) groups is 2. The van der Waals surface area contributed by atoms with Crippen LogP contribution >= 0.6 is 0 Å². The number of hydrazone groups is 1. The molecule has 1 amide bonds. The summed E-state index contributed by atoms with van der Waals surface area (Å²) in [4.78, 5) is 22.8. The highest BCUT2D eigenvalue weighted by Gasteiger charge is 2.10. The normalized spacial score (nSPS) is 10.4. The van der Waals surface area contributed by atoms with E-state index < -0.39 is 18.5 Å². The molecule has 0 aliphatic heterocycles. The number of methoxy groups -OCH3 is 1. The molecular formula is C19H20N2O6. The third-order valence-corrected chi connectivity index (χ3v) is 3.33. The van der Waals surface area contributed by atoms with Crippen molar-refractivity contribution in [3.63, 3.8) is 0 Å². The first kappa shape index (κ1) is 19.8. The van der Waals surface area contributed by atoms with Gasteiger partial charge in [0.15, 0.2) is 18.1 Å². The van der Waals surface area contributed by atoms with Crippen LogP contribution < -0.4 is 19.6 Å². The first-order chi connectivity index (χ1) is 13.0. The van der Waals surface area contributed by atoms with Gasteiger partial charge in [-0.2, -0.15) is 5.10 Å². The fraction of sp³-hybridized carbons (Fsp3) is 0.211. The van der Waals surface area contributed by atoms with Gasteiger partial charge in [0.2, 0.25) is 0 Å². The number of nitrogens with zero attached hydrogens (tertiary/aromatic N) is 1. The summed E-state index contributed by atoms with van der Waals surface area (Å²) in [5.41, 5.74) is 3.44. The average Bonchev–Trinajstić information content (AvgIpc) is 2.67. The molecule has 0 heterocycles. The van der Waals surface area contributed by atoms with Crippen LogP contribution in [-0.4, -0.2) is 43.5 Å². The first-order valence-electron chi connectivity index (χ1n) is 8.12. The van der Waals surface area contributed by atoms with Crippen LogP contribution in [0.2, 0.25) is 0 Å². The highest BCUT2D eigenvalue weighted by atomic mass is 16.5. The summed E-state index contributed by atoms with van der Waals surface area (Å²) >= 11 is 0. The van der Waals surface area contributed by atoms with Crippen molar-refractivity contribution in [3.05, 3.63) is 53.6 Å². The number of nitrogens with one attached hydrogen (secondary N) is 1. The number of amides is 1. The number of carboxylic acid groups (broad SMARTS) is 1. The Bertz CT molecular complexity index is 835. The maximum absolute atomic E-state index is 12.2. The Morgan fingerprint density at radius 1 is 1.15 bits per heavy atom. The molecule has 2 rings (SSSR count). The van der Waals surface area contributed by atoms with E-state index in [1.807, 2.05) is 6.92 Å². The van der Waals surface area contributed by atoms with Crippen LogP contribution in [0.5, 0.6) is 17.2 Å². The summed E-state index contributed by atoms with van der Waals surface area (Å²) in [5.74, 6) is -0.0699. The van der Waals surface area contributed by atoms with Gasteiger partial charge in [-0.1, -0.05) is 12.1 Å². The van der Waals surface area contributed by atoms with E-state index >= 15 is 0 Å². The molecule has 0 unspecified atom stereocenters. The second-order valence-corrected chi connectivity index (χ2v) is 5.25. The zero-order valence-corrected chi connectivity index (χ0v) is 15.0. The molecule has 2 N–H and O–H groups in total. The first-order valence-corrected chi connectivity index (χ1v) is 8.12. The third kappa shape index (κ3) is 6.03. The topological polar surface area (TPSA) is 106 Å². The van der Waals surface area contributed by atoms with Crippen molar-refractivity contribution in [2.24, 2.45) is 5.10 Å². The number of benzene rings is 2. The molecule has 2 aromatic rings. The summed E-state index contributed by atoms with van der Waals surface area (Å²) < 4.78 is 15.7. The number of rotatable bonds is 9. The van der Waals surface area contributed by atoms with Crippen molar-refractivity contribution in [1.82, 2.24) is 5.43 Å². The molecule has 0 bridgehead atoms. The van der Waals surface area contributed by atoms with Gasteiger partial charge in [-0.25, -0.2) is 10.2 Å². The van der Waals surface area contributed by atoms with Gasteiger partial charge in [0, 0.05) is 5.56 Å². The molecule has 0 aliphatic rings. The van der Waals surface area contributed by atoms with Crippen LogP contribution in [0.3, 0.4) is 0 Å². The van der Waals surface area contributed by atoms with Crippen LogP contribution in [0, 0.1) is 0 Å². The minimum atomic E-state index is -1.06. The predicted octanol–water partition coefficient (Wildman–Crippen LogP) is 2.32. The van der Waals surface area contributed by atoms with Crippen molar-refractivity contribution in [2.45, 2.75) is 6.92 Å². The van der Waals surface area contributed by atoms with Gasteiger partial charge in [0.1, 0.15) is 5.75 Å². The van der Waals surface area contributed by atoms with Crippen molar-refractivity contribution < 1.29 is 28.9 Å². The molecule has 2 aromatic carbocycles. The van der Waals surface area contributed by atoms with E-state index in [2.05, 4.69) is 10.5 Å². The molecule has 0 atom stereocenters. The maximum atomic E-state index is 12.2. The number of carboxylic acids is 1. The summed E-state index contributed by atoms with van der Waals surface area (Å²) in [7, 11) is 1.52. The summed E-state index contributed by atoms with van der Waals surface area (Å²) in [6.45, 7) is 1.85. The van der Waals surface area contributed by atoms with Crippen LogP contribution in [0.1, 0.15) is 22.8 Å². The van der Waals surface area contributed by atoms with Gasteiger partial charge in [-0.05, 0) is 42.8 Å². The van der Waals surface area contributed by atoms with Gasteiger partial charge in [0.05, 0.1) is 19.9 Å². The molecule has 8 heteroatoms. The van der Waals surface area contributed by atoms with Gasteiger partial charge in [-0.3, -0.25) is 4.79 Å². The SMILES string of the molecule is CCOc1cc(C(=O)N/N=C/c2cccc(OCC(=O)O)c2)ccc1OC.